The van der Waals surface area contributed by atoms with Crippen molar-refractivity contribution in [3.63, 3.8) is 0 Å². The van der Waals surface area contributed by atoms with Crippen LogP contribution in [0.25, 0.3) is 10.9 Å². The molecular weight excluding hydrogens is 379 g/mol. The topological polar surface area (TPSA) is 42.4 Å². The molecule has 156 valence electrons. The number of likely N-dealkylation sites (tertiary alicyclic amines) is 1. The minimum Gasteiger partial charge on any atom is -0.493 e. The summed E-state index contributed by atoms with van der Waals surface area (Å²) in [6.07, 6.45) is 5.43. The van der Waals surface area contributed by atoms with Crippen molar-refractivity contribution in [2.45, 2.75) is 25.7 Å². The number of hydrogen-bond acceptors (Lipinski definition) is 4. The van der Waals surface area contributed by atoms with Crippen molar-refractivity contribution >= 4 is 16.7 Å². The predicted molar refractivity (Wildman–Crippen MR) is 116 cm³/mol. The number of aromatic nitrogens is 1. The van der Waals surface area contributed by atoms with E-state index in [4.69, 9.17) is 4.74 Å². The lowest BCUT2D eigenvalue weighted by Crippen LogP contribution is -2.38. The van der Waals surface area contributed by atoms with Gasteiger partial charge in [-0.3, -0.25) is 9.78 Å². The quantitative estimate of drug-likeness (QED) is 0.487. The highest BCUT2D eigenvalue weighted by Crippen LogP contribution is 2.22. The minimum atomic E-state index is -0.312. The van der Waals surface area contributed by atoms with Gasteiger partial charge in [0, 0.05) is 36.0 Å². The van der Waals surface area contributed by atoms with Crippen LogP contribution in [-0.2, 0) is 0 Å². The lowest BCUT2D eigenvalue weighted by Gasteiger charge is -2.32. The van der Waals surface area contributed by atoms with Crippen molar-refractivity contribution < 1.29 is 13.9 Å². The Hall–Kier alpha value is -2.79. The molecule has 4 nitrogen and oxygen atoms in total. The smallest absolute Gasteiger partial charge is 0.162 e. The zero-order chi connectivity index (χ0) is 20.8. The highest BCUT2D eigenvalue weighted by molar-refractivity contribution is 5.95. The first-order valence-corrected chi connectivity index (χ1v) is 10.7. The Bertz CT molecular complexity index is 990. The molecular formula is C25H27FN2O2. The summed E-state index contributed by atoms with van der Waals surface area (Å²) in [6.45, 7) is 3.69. The van der Waals surface area contributed by atoms with E-state index in [0.29, 0.717) is 24.5 Å². The average molecular weight is 407 g/mol. The number of ketones is 1. The molecule has 1 saturated heterocycles. The molecule has 0 spiro atoms. The highest BCUT2D eigenvalue weighted by Gasteiger charge is 2.20. The monoisotopic (exact) mass is 406 g/mol. The van der Waals surface area contributed by atoms with Gasteiger partial charge in [0.1, 0.15) is 11.6 Å². The second kappa shape index (κ2) is 9.81. The fourth-order valence-corrected chi connectivity index (χ4v) is 4.09. The van der Waals surface area contributed by atoms with E-state index in [2.05, 4.69) is 9.88 Å². The molecule has 0 N–H and O–H groups in total. The van der Waals surface area contributed by atoms with Crippen LogP contribution in [0.3, 0.4) is 0 Å². The Balaban J connectivity index is 1.22. The lowest BCUT2D eigenvalue weighted by molar-refractivity contribution is 0.0960. The third-order valence-electron chi connectivity index (χ3n) is 5.71. The average Bonchev–Trinajstić information content (AvgIpc) is 2.78. The van der Waals surface area contributed by atoms with Gasteiger partial charge >= 0.3 is 0 Å². The van der Waals surface area contributed by atoms with Crippen LogP contribution < -0.4 is 4.74 Å². The van der Waals surface area contributed by atoms with Gasteiger partial charge in [-0.1, -0.05) is 6.07 Å². The molecule has 30 heavy (non-hydrogen) atoms. The van der Waals surface area contributed by atoms with Gasteiger partial charge in [0.05, 0.1) is 12.1 Å². The number of rotatable bonds is 8. The van der Waals surface area contributed by atoms with Crippen LogP contribution in [0.1, 0.15) is 36.0 Å². The zero-order valence-corrected chi connectivity index (χ0v) is 17.1. The van der Waals surface area contributed by atoms with E-state index < -0.39 is 0 Å². The van der Waals surface area contributed by atoms with Gasteiger partial charge in [0.2, 0.25) is 0 Å². The molecule has 0 saturated carbocycles. The standard InChI is InChI=1S/C25H27FN2O2/c26-22-9-7-20(8-10-22)25(29)6-3-15-28-14-2-4-19(17-28)18-30-23-11-12-24-21(16-23)5-1-13-27-24/h1,5,7-13,16,19H,2-4,6,14-15,17-18H2. The molecule has 0 radical (unpaired) electrons. The fourth-order valence-electron chi connectivity index (χ4n) is 4.09. The summed E-state index contributed by atoms with van der Waals surface area (Å²) in [5.74, 6) is 1.15. The van der Waals surface area contributed by atoms with E-state index in [9.17, 15) is 9.18 Å². The predicted octanol–water partition coefficient (Wildman–Crippen LogP) is 5.13. The van der Waals surface area contributed by atoms with Gasteiger partial charge in [0.15, 0.2) is 5.78 Å². The number of benzene rings is 2. The Morgan fingerprint density at radius 1 is 1.17 bits per heavy atom. The number of fused-ring (bicyclic) bond motifs is 1. The SMILES string of the molecule is O=C(CCCN1CCCC(COc2ccc3ncccc3c2)C1)c1ccc(F)cc1. The normalized spacial score (nSPS) is 17.2. The third-order valence-corrected chi connectivity index (χ3v) is 5.71. The molecule has 3 aromatic rings. The van der Waals surface area contributed by atoms with E-state index >= 15 is 0 Å². The molecule has 1 aliphatic heterocycles. The number of nitrogens with zero attached hydrogens (tertiary/aromatic N) is 2. The first-order chi connectivity index (χ1) is 14.7. The van der Waals surface area contributed by atoms with E-state index in [1.54, 1.807) is 18.3 Å². The van der Waals surface area contributed by atoms with Crippen molar-refractivity contribution in [2.75, 3.05) is 26.2 Å². The van der Waals surface area contributed by atoms with Gasteiger partial charge in [-0.15, -0.1) is 0 Å². The van der Waals surface area contributed by atoms with Crippen molar-refractivity contribution in [3.05, 3.63) is 72.2 Å². The van der Waals surface area contributed by atoms with Gasteiger partial charge < -0.3 is 9.64 Å². The van der Waals surface area contributed by atoms with Crippen molar-refractivity contribution in [3.8, 4) is 5.75 Å². The van der Waals surface area contributed by atoms with E-state index in [0.717, 1.165) is 49.1 Å². The molecule has 1 aliphatic rings. The van der Waals surface area contributed by atoms with E-state index in [-0.39, 0.29) is 11.6 Å². The summed E-state index contributed by atoms with van der Waals surface area (Å²) in [5.41, 5.74) is 1.57. The van der Waals surface area contributed by atoms with Crippen LogP contribution in [0.2, 0.25) is 0 Å². The van der Waals surface area contributed by atoms with Crippen LogP contribution in [0, 0.1) is 11.7 Å². The number of halogens is 1. The van der Waals surface area contributed by atoms with Crippen molar-refractivity contribution in [1.29, 1.82) is 0 Å². The van der Waals surface area contributed by atoms with Crippen LogP contribution >= 0.6 is 0 Å². The minimum absolute atomic E-state index is 0.0812. The first kappa shape index (κ1) is 20.5. The molecule has 5 heteroatoms. The van der Waals surface area contributed by atoms with Crippen molar-refractivity contribution in [2.24, 2.45) is 5.92 Å². The molecule has 2 aromatic carbocycles. The maximum absolute atomic E-state index is 13.0. The largest absolute Gasteiger partial charge is 0.493 e. The Kier molecular flexibility index (Phi) is 6.70. The maximum atomic E-state index is 13.0. The van der Waals surface area contributed by atoms with Crippen LogP contribution in [0.4, 0.5) is 4.39 Å². The summed E-state index contributed by atoms with van der Waals surface area (Å²) in [4.78, 5) is 19.0. The number of Topliss-reactive ketones (excluding diaryl/α,β-unsaturated/α-hetero) is 1. The Morgan fingerprint density at radius 3 is 2.90 bits per heavy atom. The Morgan fingerprint density at radius 2 is 2.03 bits per heavy atom. The second-order valence-corrected chi connectivity index (χ2v) is 8.01. The summed E-state index contributed by atoms with van der Waals surface area (Å²) in [7, 11) is 0. The van der Waals surface area contributed by atoms with Gasteiger partial charge in [-0.05, 0) is 80.9 Å². The van der Waals surface area contributed by atoms with E-state index in [1.807, 2.05) is 30.3 Å². The second-order valence-electron chi connectivity index (χ2n) is 8.01. The van der Waals surface area contributed by atoms with Gasteiger partial charge in [0.25, 0.3) is 0 Å². The molecule has 1 aromatic heterocycles. The third kappa shape index (κ3) is 5.42. The van der Waals surface area contributed by atoms with Crippen LogP contribution in [0.15, 0.2) is 60.8 Å². The van der Waals surface area contributed by atoms with Crippen LogP contribution in [-0.4, -0.2) is 41.9 Å². The number of carbonyl (C=O) groups excluding carboxylic acids is 1. The number of pyridine rings is 1. The number of ether oxygens (including phenoxy) is 1. The molecule has 4 rings (SSSR count). The number of piperidine rings is 1. The molecule has 0 aliphatic carbocycles. The first-order valence-electron chi connectivity index (χ1n) is 10.7. The van der Waals surface area contributed by atoms with Crippen molar-refractivity contribution in [1.82, 2.24) is 9.88 Å². The highest BCUT2D eigenvalue weighted by atomic mass is 19.1. The summed E-state index contributed by atoms with van der Waals surface area (Å²) < 4.78 is 19.1. The molecule has 0 amide bonds. The molecule has 1 fully saturated rings. The summed E-state index contributed by atoms with van der Waals surface area (Å²) in [6, 6.07) is 15.8. The summed E-state index contributed by atoms with van der Waals surface area (Å²) in [5, 5.41) is 1.09. The molecule has 1 atom stereocenters. The lowest BCUT2D eigenvalue weighted by atomic mass is 9.98. The zero-order valence-electron chi connectivity index (χ0n) is 17.1. The van der Waals surface area contributed by atoms with Gasteiger partial charge in [-0.2, -0.15) is 0 Å². The van der Waals surface area contributed by atoms with E-state index in [1.165, 1.54) is 18.6 Å². The number of hydrogen-bond donors (Lipinski definition) is 0. The molecule has 0 bridgehead atoms. The van der Waals surface area contributed by atoms with Crippen LogP contribution in [0.5, 0.6) is 5.75 Å². The number of carbonyl (C=O) groups is 1. The fraction of sp³-hybridized carbons (Fsp3) is 0.360. The molecule has 2 heterocycles. The Labute approximate surface area is 176 Å². The maximum Gasteiger partial charge on any atom is 0.162 e. The molecule has 1 unspecified atom stereocenters. The van der Waals surface area contributed by atoms with Gasteiger partial charge in [-0.25, -0.2) is 4.39 Å². The summed E-state index contributed by atoms with van der Waals surface area (Å²) >= 11 is 0.